The third kappa shape index (κ3) is 4.57. The zero-order valence-corrected chi connectivity index (χ0v) is 13.8. The molecule has 1 aromatic heterocycles. The molecular weight excluding hydrogens is 330 g/mol. The van der Waals surface area contributed by atoms with Crippen LogP contribution in [0.5, 0.6) is 0 Å². The Balaban J connectivity index is 2.01. The molecule has 23 heavy (non-hydrogen) atoms. The quantitative estimate of drug-likeness (QED) is 0.908. The summed E-state index contributed by atoms with van der Waals surface area (Å²) in [5.41, 5.74) is -0.661. The van der Waals surface area contributed by atoms with Crippen molar-refractivity contribution in [2.24, 2.45) is 0 Å². The van der Waals surface area contributed by atoms with Crippen LogP contribution in [-0.2, 0) is 9.53 Å². The predicted octanol–water partition coefficient (Wildman–Crippen LogP) is 2.81. The molecule has 0 bridgehead atoms. The molecule has 0 spiro atoms. The minimum Gasteiger partial charge on any atom is -0.444 e. The van der Waals surface area contributed by atoms with Crippen molar-refractivity contribution in [3.05, 3.63) is 5.01 Å². The molecule has 0 saturated carbocycles. The minimum atomic E-state index is -2.73. The lowest BCUT2D eigenvalue weighted by atomic mass is 10.2. The van der Waals surface area contributed by atoms with Gasteiger partial charge in [-0.2, -0.15) is 0 Å². The molecule has 2 heterocycles. The second-order valence-electron chi connectivity index (χ2n) is 6.07. The summed E-state index contributed by atoms with van der Waals surface area (Å²) in [5, 5.41) is 8.75. The van der Waals surface area contributed by atoms with Gasteiger partial charge in [-0.25, -0.2) is 13.6 Å². The number of anilines is 1. The summed E-state index contributed by atoms with van der Waals surface area (Å²) in [5.74, 6) is -0.481. The Bertz CT molecular complexity index is 588. The molecule has 1 aliphatic heterocycles. The van der Waals surface area contributed by atoms with Crippen LogP contribution in [0, 0.1) is 0 Å². The Kier molecular flexibility index (Phi) is 5.12. The predicted molar refractivity (Wildman–Crippen MR) is 79.5 cm³/mol. The fourth-order valence-corrected chi connectivity index (χ4v) is 2.74. The van der Waals surface area contributed by atoms with Crippen LogP contribution in [0.2, 0.25) is 0 Å². The van der Waals surface area contributed by atoms with Crippen LogP contribution in [0.15, 0.2) is 0 Å². The Hall–Kier alpha value is -1.84. The molecule has 0 unspecified atom stereocenters. The highest BCUT2D eigenvalue weighted by molar-refractivity contribution is 7.15. The third-order valence-electron chi connectivity index (χ3n) is 3.04. The molecule has 1 fully saturated rings. The van der Waals surface area contributed by atoms with E-state index in [4.69, 9.17) is 4.74 Å². The number of halogens is 2. The van der Waals surface area contributed by atoms with Gasteiger partial charge < -0.3 is 4.74 Å². The molecule has 1 saturated heterocycles. The fraction of sp³-hybridized carbons (Fsp3) is 0.692. The maximum Gasteiger partial charge on any atom is 0.410 e. The SMILES string of the molecule is CC(C)(C)OC(=O)N1CCC[C@H]1C(=O)Nc1nnc(C(F)F)s1. The first-order chi connectivity index (χ1) is 10.7. The monoisotopic (exact) mass is 348 g/mol. The Morgan fingerprint density at radius 1 is 1.39 bits per heavy atom. The van der Waals surface area contributed by atoms with Gasteiger partial charge in [0.1, 0.15) is 11.6 Å². The van der Waals surface area contributed by atoms with Crippen molar-refractivity contribution < 1.29 is 23.1 Å². The average molecular weight is 348 g/mol. The third-order valence-corrected chi connectivity index (χ3v) is 3.89. The number of nitrogens with one attached hydrogen (secondary N) is 1. The zero-order chi connectivity index (χ0) is 17.2. The normalized spacial score (nSPS) is 18.3. The van der Waals surface area contributed by atoms with Gasteiger partial charge in [0, 0.05) is 6.54 Å². The number of aromatic nitrogens is 2. The van der Waals surface area contributed by atoms with E-state index in [1.807, 2.05) is 0 Å². The van der Waals surface area contributed by atoms with Gasteiger partial charge in [0.25, 0.3) is 6.43 Å². The van der Waals surface area contributed by atoms with Gasteiger partial charge in [-0.1, -0.05) is 11.3 Å². The summed E-state index contributed by atoms with van der Waals surface area (Å²) in [6.07, 6.45) is -2.16. The maximum absolute atomic E-state index is 12.5. The molecular formula is C13H18F2N4O3S. The number of likely N-dealkylation sites (tertiary alicyclic amines) is 1. The van der Waals surface area contributed by atoms with Crippen LogP contribution < -0.4 is 5.32 Å². The van der Waals surface area contributed by atoms with Crippen molar-refractivity contribution in [3.63, 3.8) is 0 Å². The molecule has 128 valence electrons. The van der Waals surface area contributed by atoms with Crippen molar-refractivity contribution in [1.82, 2.24) is 15.1 Å². The van der Waals surface area contributed by atoms with E-state index in [1.165, 1.54) is 4.90 Å². The summed E-state index contributed by atoms with van der Waals surface area (Å²) in [6, 6.07) is -0.705. The van der Waals surface area contributed by atoms with Crippen molar-refractivity contribution in [1.29, 1.82) is 0 Å². The van der Waals surface area contributed by atoms with Gasteiger partial charge in [-0.05, 0) is 33.6 Å². The van der Waals surface area contributed by atoms with Crippen LogP contribution in [-0.4, -0.2) is 45.3 Å². The molecule has 7 nitrogen and oxygen atoms in total. The molecule has 0 aromatic carbocycles. The molecule has 1 aliphatic rings. The number of carbonyl (C=O) groups excluding carboxylic acids is 2. The number of amides is 2. The Morgan fingerprint density at radius 3 is 2.65 bits per heavy atom. The average Bonchev–Trinajstić information content (AvgIpc) is 3.04. The number of rotatable bonds is 3. The standard InChI is InChI=1S/C13H18F2N4O3S/c1-13(2,3)22-12(21)19-6-4-5-7(19)9(20)16-11-18-17-10(23-11)8(14)15/h7-8H,4-6H2,1-3H3,(H,16,18,20)/t7-/m0/s1. The van der Waals surface area contributed by atoms with Crippen LogP contribution >= 0.6 is 11.3 Å². The first kappa shape index (κ1) is 17.5. The van der Waals surface area contributed by atoms with Crippen molar-refractivity contribution in [2.45, 2.75) is 51.7 Å². The second-order valence-corrected chi connectivity index (χ2v) is 7.08. The van der Waals surface area contributed by atoms with E-state index in [0.717, 1.165) is 0 Å². The molecule has 1 atom stereocenters. The lowest BCUT2D eigenvalue weighted by molar-refractivity contribution is -0.120. The smallest absolute Gasteiger partial charge is 0.410 e. The summed E-state index contributed by atoms with van der Waals surface area (Å²) in [4.78, 5) is 25.7. The van der Waals surface area contributed by atoms with E-state index >= 15 is 0 Å². The number of alkyl halides is 2. The Morgan fingerprint density at radius 2 is 2.09 bits per heavy atom. The first-order valence-electron chi connectivity index (χ1n) is 7.09. The highest BCUT2D eigenvalue weighted by Crippen LogP contribution is 2.26. The topological polar surface area (TPSA) is 84.4 Å². The van der Waals surface area contributed by atoms with E-state index in [2.05, 4.69) is 15.5 Å². The number of hydrogen-bond acceptors (Lipinski definition) is 6. The summed E-state index contributed by atoms with van der Waals surface area (Å²) < 4.78 is 30.2. The van der Waals surface area contributed by atoms with E-state index in [-0.39, 0.29) is 5.13 Å². The highest BCUT2D eigenvalue weighted by Gasteiger charge is 2.37. The Labute approximate surface area is 136 Å². The van der Waals surface area contributed by atoms with Crippen LogP contribution in [0.4, 0.5) is 18.7 Å². The van der Waals surface area contributed by atoms with Crippen LogP contribution in [0.3, 0.4) is 0 Å². The number of ether oxygens (including phenoxy) is 1. The van der Waals surface area contributed by atoms with Gasteiger partial charge in [-0.15, -0.1) is 10.2 Å². The number of nitrogens with zero attached hydrogens (tertiary/aromatic N) is 3. The molecule has 1 aromatic rings. The molecule has 0 aliphatic carbocycles. The van der Waals surface area contributed by atoms with Gasteiger partial charge in [-0.3, -0.25) is 15.0 Å². The van der Waals surface area contributed by atoms with Crippen molar-refractivity contribution >= 4 is 28.5 Å². The van der Waals surface area contributed by atoms with Crippen molar-refractivity contribution in [2.75, 3.05) is 11.9 Å². The van der Waals surface area contributed by atoms with Gasteiger partial charge in [0.2, 0.25) is 11.0 Å². The van der Waals surface area contributed by atoms with E-state index in [9.17, 15) is 18.4 Å². The largest absolute Gasteiger partial charge is 0.444 e. The fourth-order valence-electron chi connectivity index (χ4n) is 2.14. The van der Waals surface area contributed by atoms with E-state index in [1.54, 1.807) is 20.8 Å². The summed E-state index contributed by atoms with van der Waals surface area (Å²) >= 11 is 0.609. The summed E-state index contributed by atoms with van der Waals surface area (Å²) in [6.45, 7) is 5.63. The molecule has 2 rings (SSSR count). The lowest BCUT2D eigenvalue weighted by Crippen LogP contribution is -2.45. The number of hydrogen-bond donors (Lipinski definition) is 1. The highest BCUT2D eigenvalue weighted by atomic mass is 32.1. The second kappa shape index (κ2) is 6.73. The number of carbonyl (C=O) groups is 2. The van der Waals surface area contributed by atoms with Gasteiger partial charge in [0.15, 0.2) is 5.01 Å². The van der Waals surface area contributed by atoms with Crippen LogP contribution in [0.25, 0.3) is 0 Å². The van der Waals surface area contributed by atoms with Crippen molar-refractivity contribution in [3.8, 4) is 0 Å². The van der Waals surface area contributed by atoms with E-state index in [0.29, 0.717) is 30.7 Å². The summed E-state index contributed by atoms with van der Waals surface area (Å²) in [7, 11) is 0. The molecule has 10 heteroatoms. The van der Waals surface area contributed by atoms with E-state index < -0.39 is 35.1 Å². The molecule has 2 amide bonds. The van der Waals surface area contributed by atoms with Crippen LogP contribution in [0.1, 0.15) is 45.0 Å². The lowest BCUT2D eigenvalue weighted by Gasteiger charge is -2.27. The molecule has 0 radical (unpaired) electrons. The zero-order valence-electron chi connectivity index (χ0n) is 13.0. The van der Waals surface area contributed by atoms with Gasteiger partial charge >= 0.3 is 6.09 Å². The maximum atomic E-state index is 12.5. The van der Waals surface area contributed by atoms with Gasteiger partial charge in [0.05, 0.1) is 0 Å². The molecule has 1 N–H and O–H groups in total. The first-order valence-corrected chi connectivity index (χ1v) is 7.91. The minimum absolute atomic E-state index is 0.0126.